The van der Waals surface area contributed by atoms with Gasteiger partial charge in [0, 0.05) is 18.0 Å². The van der Waals surface area contributed by atoms with Crippen molar-refractivity contribution in [3.8, 4) is 5.75 Å². The highest BCUT2D eigenvalue weighted by Gasteiger charge is 2.10. The van der Waals surface area contributed by atoms with Crippen LogP contribution in [0.5, 0.6) is 5.75 Å². The number of nitrogens with one attached hydrogen (secondary N) is 1. The Morgan fingerprint density at radius 3 is 2.72 bits per heavy atom. The number of aromatic nitrogens is 1. The molecule has 0 aliphatic carbocycles. The highest BCUT2D eigenvalue weighted by atomic mass is 31.0. The van der Waals surface area contributed by atoms with Crippen LogP contribution >= 0.6 is 9.24 Å². The van der Waals surface area contributed by atoms with Gasteiger partial charge in [0.25, 0.3) is 0 Å². The minimum Gasteiger partial charge on any atom is -0.497 e. The topological polar surface area (TPSA) is 60.2 Å². The van der Waals surface area contributed by atoms with E-state index in [0.717, 1.165) is 34.2 Å². The van der Waals surface area contributed by atoms with Crippen molar-refractivity contribution >= 4 is 20.6 Å². The van der Waals surface area contributed by atoms with Crippen molar-refractivity contribution < 1.29 is 4.74 Å². The lowest BCUT2D eigenvalue weighted by molar-refractivity contribution is 0.414. The fourth-order valence-corrected chi connectivity index (χ4v) is 2.76. The van der Waals surface area contributed by atoms with Crippen LogP contribution in [0.15, 0.2) is 66.9 Å². The highest BCUT2D eigenvalue weighted by Crippen LogP contribution is 2.31. The van der Waals surface area contributed by atoms with Crippen LogP contribution < -0.4 is 15.8 Å². The number of aryl methyl sites for hydroxylation is 1. The Bertz CT molecular complexity index is 795. The molecule has 1 atom stereocenters. The second-order valence-electron chi connectivity index (χ2n) is 5.59. The zero-order valence-corrected chi connectivity index (χ0v) is 15.8. The number of nitrogens with two attached hydrogens (primary N) is 1. The molecule has 0 saturated carbocycles. The number of allylic oxidation sites excluding steroid dienone is 3. The molecular weight excluding hydrogens is 329 g/mol. The highest BCUT2D eigenvalue weighted by molar-refractivity contribution is 7.24. The first-order chi connectivity index (χ1) is 12.0. The maximum atomic E-state index is 6.12. The molecule has 0 amide bonds. The summed E-state index contributed by atoms with van der Waals surface area (Å²) >= 11 is 0. The molecule has 0 bridgehead atoms. The van der Waals surface area contributed by atoms with Crippen LogP contribution in [0.1, 0.15) is 16.7 Å². The van der Waals surface area contributed by atoms with Gasteiger partial charge in [0.05, 0.1) is 7.11 Å². The molecule has 2 rings (SSSR count). The molecule has 0 aliphatic rings. The number of anilines is 1. The van der Waals surface area contributed by atoms with Crippen LogP contribution in [0.25, 0.3) is 5.57 Å². The Balaban J connectivity index is 2.39. The minimum atomic E-state index is 0.513. The fourth-order valence-electron chi connectivity index (χ4n) is 2.39. The molecular formula is C20H24N3OP. The fraction of sp³-hybridized carbons (Fsp3) is 0.150. The van der Waals surface area contributed by atoms with E-state index in [2.05, 4.69) is 44.3 Å². The predicted octanol–water partition coefficient (Wildman–Crippen LogP) is 4.06. The van der Waals surface area contributed by atoms with Gasteiger partial charge in [-0.1, -0.05) is 24.8 Å². The summed E-state index contributed by atoms with van der Waals surface area (Å²) in [7, 11) is 4.41. The molecule has 4 nitrogen and oxygen atoms in total. The number of ether oxygens (including phenoxy) is 1. The maximum Gasteiger partial charge on any atom is 0.131 e. The van der Waals surface area contributed by atoms with E-state index in [0.29, 0.717) is 5.82 Å². The van der Waals surface area contributed by atoms with E-state index < -0.39 is 0 Å². The van der Waals surface area contributed by atoms with Crippen molar-refractivity contribution in [3.05, 3.63) is 83.6 Å². The zero-order valence-electron chi connectivity index (χ0n) is 14.6. The van der Waals surface area contributed by atoms with Gasteiger partial charge in [-0.3, -0.25) is 0 Å². The number of hydrogen-bond acceptors (Lipinski definition) is 4. The van der Waals surface area contributed by atoms with E-state index in [4.69, 9.17) is 10.5 Å². The SMILES string of the molecule is C=CN/C=C(P)\C(=C/Cc1ccc(OC)cc1)c1cc(C)cnc1N. The molecule has 0 radical (unpaired) electrons. The second-order valence-corrected chi connectivity index (χ2v) is 6.21. The summed E-state index contributed by atoms with van der Waals surface area (Å²) in [6.07, 6.45) is 8.20. The van der Waals surface area contributed by atoms with E-state index in [1.807, 2.05) is 31.3 Å². The Kier molecular flexibility index (Phi) is 6.79. The van der Waals surface area contributed by atoms with Gasteiger partial charge in [-0.2, -0.15) is 0 Å². The van der Waals surface area contributed by atoms with Crippen LogP contribution in [0, 0.1) is 6.92 Å². The van der Waals surface area contributed by atoms with Crippen molar-refractivity contribution in [2.75, 3.05) is 12.8 Å². The lowest BCUT2D eigenvalue weighted by Crippen LogP contribution is -2.01. The van der Waals surface area contributed by atoms with Crippen molar-refractivity contribution in [1.29, 1.82) is 0 Å². The van der Waals surface area contributed by atoms with E-state index in [1.165, 1.54) is 5.56 Å². The van der Waals surface area contributed by atoms with Crippen LogP contribution in [-0.4, -0.2) is 12.1 Å². The van der Waals surface area contributed by atoms with Gasteiger partial charge in [-0.05, 0) is 59.8 Å². The standard InChI is InChI=1S/C20H24N3OP/c1-4-22-13-19(25)17(18-11-14(2)12-23-20(18)21)10-7-15-5-8-16(24-3)9-6-15/h4-6,8-13,22H,1,7,25H2,2-3H3,(H2,21,23)/b17-10-,19-13+. The average molecular weight is 353 g/mol. The molecule has 2 aromatic rings. The maximum absolute atomic E-state index is 6.12. The van der Waals surface area contributed by atoms with E-state index in [-0.39, 0.29) is 0 Å². The van der Waals surface area contributed by atoms with Crippen molar-refractivity contribution in [1.82, 2.24) is 10.3 Å². The molecule has 3 N–H and O–H groups in total. The third-order valence-corrected chi connectivity index (χ3v) is 4.19. The Morgan fingerprint density at radius 1 is 1.36 bits per heavy atom. The van der Waals surface area contributed by atoms with Gasteiger partial charge >= 0.3 is 0 Å². The number of rotatable bonds is 7. The first kappa shape index (κ1) is 18.8. The van der Waals surface area contributed by atoms with Crippen LogP contribution in [-0.2, 0) is 6.42 Å². The molecule has 0 saturated heterocycles. The average Bonchev–Trinajstić information content (AvgIpc) is 2.63. The first-order valence-corrected chi connectivity index (χ1v) is 8.51. The van der Waals surface area contributed by atoms with E-state index in [1.54, 1.807) is 19.5 Å². The number of pyridine rings is 1. The van der Waals surface area contributed by atoms with Crippen molar-refractivity contribution in [3.63, 3.8) is 0 Å². The summed E-state index contributed by atoms with van der Waals surface area (Å²) in [4.78, 5) is 4.28. The number of nitrogens with zero attached hydrogens (tertiary/aromatic N) is 1. The Hall–Kier alpha value is -2.58. The van der Waals surface area contributed by atoms with Gasteiger partial charge < -0.3 is 15.8 Å². The van der Waals surface area contributed by atoms with E-state index >= 15 is 0 Å². The number of nitrogen functional groups attached to an aromatic ring is 1. The quantitative estimate of drug-likeness (QED) is 0.582. The van der Waals surface area contributed by atoms with Crippen molar-refractivity contribution in [2.24, 2.45) is 0 Å². The molecule has 1 aromatic carbocycles. The summed E-state index contributed by atoms with van der Waals surface area (Å²) in [6, 6.07) is 10.1. The Labute approximate surface area is 151 Å². The minimum absolute atomic E-state index is 0.513. The first-order valence-electron chi connectivity index (χ1n) is 7.93. The van der Waals surface area contributed by atoms with Gasteiger partial charge in [0.1, 0.15) is 11.6 Å². The number of methoxy groups -OCH3 is 1. The van der Waals surface area contributed by atoms with Gasteiger partial charge in [-0.25, -0.2) is 4.98 Å². The molecule has 0 spiro atoms. The molecule has 5 heteroatoms. The summed E-state index contributed by atoms with van der Waals surface area (Å²) in [5.74, 6) is 1.36. The van der Waals surface area contributed by atoms with E-state index in [9.17, 15) is 0 Å². The Morgan fingerprint density at radius 2 is 2.08 bits per heavy atom. The zero-order chi connectivity index (χ0) is 18.2. The van der Waals surface area contributed by atoms with Crippen LogP contribution in [0.4, 0.5) is 5.82 Å². The third kappa shape index (κ3) is 5.20. The third-order valence-electron chi connectivity index (χ3n) is 3.71. The molecule has 1 aromatic heterocycles. The van der Waals surface area contributed by atoms with Crippen LogP contribution in [0.2, 0.25) is 0 Å². The van der Waals surface area contributed by atoms with Crippen LogP contribution in [0.3, 0.4) is 0 Å². The lowest BCUT2D eigenvalue weighted by atomic mass is 10.0. The summed E-state index contributed by atoms with van der Waals surface area (Å²) in [5, 5.41) is 3.99. The van der Waals surface area contributed by atoms with Gasteiger partial charge in [0.15, 0.2) is 0 Å². The van der Waals surface area contributed by atoms with Gasteiger partial charge in [0.2, 0.25) is 0 Å². The molecule has 25 heavy (non-hydrogen) atoms. The monoisotopic (exact) mass is 353 g/mol. The van der Waals surface area contributed by atoms with Crippen molar-refractivity contribution in [2.45, 2.75) is 13.3 Å². The molecule has 130 valence electrons. The normalized spacial score (nSPS) is 12.0. The molecule has 1 unspecified atom stereocenters. The summed E-state index contributed by atoms with van der Waals surface area (Å²) in [5.41, 5.74) is 10.3. The molecule has 0 aliphatic heterocycles. The molecule has 0 fully saturated rings. The second kappa shape index (κ2) is 9.05. The summed E-state index contributed by atoms with van der Waals surface area (Å²) in [6.45, 7) is 5.68. The lowest BCUT2D eigenvalue weighted by Gasteiger charge is -2.12. The van der Waals surface area contributed by atoms with Gasteiger partial charge in [-0.15, -0.1) is 9.24 Å². The predicted molar refractivity (Wildman–Crippen MR) is 109 cm³/mol. The smallest absolute Gasteiger partial charge is 0.131 e. The summed E-state index contributed by atoms with van der Waals surface area (Å²) < 4.78 is 5.21. The number of benzene rings is 1. The number of hydrogen-bond donors (Lipinski definition) is 2. The molecule has 1 heterocycles. The largest absolute Gasteiger partial charge is 0.497 e.